The summed E-state index contributed by atoms with van der Waals surface area (Å²) < 4.78 is 18.5. The summed E-state index contributed by atoms with van der Waals surface area (Å²) >= 11 is -5.08. The number of ether oxygens (including phenoxy) is 1. The second kappa shape index (κ2) is 28.6. The van der Waals surface area contributed by atoms with Crippen LogP contribution in [0.5, 0.6) is 0 Å². The first-order valence-corrected chi connectivity index (χ1v) is 36.1. The molecular weight excluding hydrogens is 758 g/mol. The van der Waals surface area contributed by atoms with Crippen LogP contribution in [0.25, 0.3) is 0 Å². The van der Waals surface area contributed by atoms with Gasteiger partial charge in [-0.05, 0) is 0 Å². The van der Waals surface area contributed by atoms with Crippen molar-refractivity contribution in [3.8, 4) is 0 Å². The van der Waals surface area contributed by atoms with Gasteiger partial charge in [-0.15, -0.1) is 0 Å². The predicted molar refractivity (Wildman–Crippen MR) is 211 cm³/mol. The van der Waals surface area contributed by atoms with Gasteiger partial charge in [0.05, 0.1) is 0 Å². The molecular formula is C42H82OSn2. The second-order valence-corrected chi connectivity index (χ2v) is 47.9. The minimum absolute atomic E-state index is 0.475. The molecule has 0 spiro atoms. The first-order chi connectivity index (χ1) is 22.0. The van der Waals surface area contributed by atoms with E-state index in [-0.39, 0.29) is 0 Å². The van der Waals surface area contributed by atoms with E-state index in [1.165, 1.54) is 136 Å². The maximum absolute atomic E-state index is 7.17. The Morgan fingerprint density at radius 3 is 1.24 bits per heavy atom. The third kappa shape index (κ3) is 17.8. The average Bonchev–Trinajstić information content (AvgIpc) is 3.07. The summed E-state index contributed by atoms with van der Waals surface area (Å²) in [6.45, 7) is 18.1. The zero-order chi connectivity index (χ0) is 33.1. The molecule has 1 aromatic rings. The monoisotopic (exact) mass is 842 g/mol. The summed E-state index contributed by atoms with van der Waals surface area (Å²) in [5.74, 6) is 0. The van der Waals surface area contributed by atoms with Gasteiger partial charge in [-0.1, -0.05) is 0 Å². The Balaban J connectivity index is 3.69. The van der Waals surface area contributed by atoms with Gasteiger partial charge >= 0.3 is 296 Å². The van der Waals surface area contributed by atoms with E-state index in [4.69, 9.17) is 4.74 Å². The summed E-state index contributed by atoms with van der Waals surface area (Å²) in [7, 11) is 0. The molecule has 3 heteroatoms. The van der Waals surface area contributed by atoms with Crippen LogP contribution < -0.4 is 0 Å². The van der Waals surface area contributed by atoms with Gasteiger partial charge in [-0.25, -0.2) is 0 Å². The fraction of sp³-hybridized carbons (Fsp3) is 0.857. The molecule has 1 unspecified atom stereocenters. The van der Waals surface area contributed by atoms with E-state index >= 15 is 0 Å². The third-order valence-electron chi connectivity index (χ3n) is 11.4. The van der Waals surface area contributed by atoms with Crippen molar-refractivity contribution in [3.05, 3.63) is 35.9 Å². The van der Waals surface area contributed by atoms with Crippen LogP contribution in [0.4, 0.5) is 0 Å². The van der Waals surface area contributed by atoms with Crippen LogP contribution in [0.3, 0.4) is 0 Å². The average molecular weight is 841 g/mol. The van der Waals surface area contributed by atoms with E-state index in [9.17, 15) is 0 Å². The van der Waals surface area contributed by atoms with E-state index in [2.05, 4.69) is 78.8 Å². The first kappa shape index (κ1) is 43.8. The van der Waals surface area contributed by atoms with Crippen molar-refractivity contribution in [1.82, 2.24) is 0 Å². The molecule has 0 bridgehead atoms. The molecule has 1 rings (SSSR count). The Hall–Kier alpha value is 0.777. The van der Waals surface area contributed by atoms with Crippen LogP contribution in [-0.4, -0.2) is 42.9 Å². The Kier molecular flexibility index (Phi) is 27.8. The molecule has 0 aliphatic heterocycles. The Bertz CT molecular complexity index is 690. The van der Waals surface area contributed by atoms with Crippen LogP contribution in [0.2, 0.25) is 28.6 Å². The Morgan fingerprint density at radius 2 is 0.844 bits per heavy atom. The second-order valence-electron chi connectivity index (χ2n) is 15.1. The van der Waals surface area contributed by atoms with Crippen molar-refractivity contribution in [2.24, 2.45) is 0 Å². The van der Waals surface area contributed by atoms with Gasteiger partial charge in [0, 0.05) is 0 Å². The van der Waals surface area contributed by atoms with Gasteiger partial charge in [0.25, 0.3) is 0 Å². The number of unbranched alkanes of at least 4 members (excludes halogenated alkanes) is 11. The predicted octanol–water partition coefficient (Wildman–Crippen LogP) is 15.3. The molecule has 0 aliphatic rings. The van der Waals surface area contributed by atoms with Crippen LogP contribution in [0, 0.1) is 0 Å². The van der Waals surface area contributed by atoms with Crippen molar-refractivity contribution in [3.63, 3.8) is 0 Å². The minimum atomic E-state index is -2.54. The topological polar surface area (TPSA) is 9.23 Å². The normalized spacial score (nSPS) is 13.2. The summed E-state index contributed by atoms with van der Waals surface area (Å²) in [6.07, 6.45) is 29.1. The quantitative estimate of drug-likeness (QED) is 0.0519. The van der Waals surface area contributed by atoms with E-state index in [0.29, 0.717) is 6.10 Å². The molecule has 0 aromatic heterocycles. The number of hydrogen-bond donors (Lipinski definition) is 0. The van der Waals surface area contributed by atoms with E-state index in [1.807, 2.05) is 0 Å². The molecule has 0 aliphatic carbocycles. The van der Waals surface area contributed by atoms with Gasteiger partial charge in [-0.2, -0.15) is 0 Å². The molecule has 1 atom stereocenters. The molecule has 0 fully saturated rings. The summed E-state index contributed by atoms with van der Waals surface area (Å²) in [4.78, 5) is 0. The molecule has 0 saturated heterocycles. The fourth-order valence-electron chi connectivity index (χ4n) is 8.59. The zero-order valence-corrected chi connectivity index (χ0v) is 37.7. The van der Waals surface area contributed by atoms with Crippen molar-refractivity contribution >= 4 is 36.8 Å². The molecule has 1 aromatic carbocycles. The molecule has 0 heterocycles. The zero-order valence-electron chi connectivity index (χ0n) is 32.0. The van der Waals surface area contributed by atoms with Gasteiger partial charge in [0.15, 0.2) is 0 Å². The molecule has 1 nitrogen and oxygen atoms in total. The Labute approximate surface area is 293 Å². The molecule has 0 amide bonds. The van der Waals surface area contributed by atoms with Crippen LogP contribution in [-0.2, 0) is 11.3 Å². The number of rotatable bonds is 32. The molecule has 0 N–H and O–H groups in total. The maximum atomic E-state index is 7.17. The summed E-state index contributed by atoms with van der Waals surface area (Å²) in [6, 6.07) is 11.1. The van der Waals surface area contributed by atoms with Crippen LogP contribution in [0.1, 0.15) is 182 Å². The van der Waals surface area contributed by atoms with Crippen LogP contribution in [0.15, 0.2) is 30.3 Å². The van der Waals surface area contributed by atoms with Gasteiger partial charge in [0.2, 0.25) is 0 Å². The van der Waals surface area contributed by atoms with Crippen molar-refractivity contribution in [1.29, 1.82) is 0 Å². The third-order valence-corrected chi connectivity index (χ3v) is 67.7. The van der Waals surface area contributed by atoms with E-state index in [0.717, 1.165) is 6.61 Å². The standard InChI is InChI=1S/C18H28O.6C4H9.2Sn/c1-3-5-6-7-8-12-15-18(4-2)19-16-17-13-10-9-11-14-17;6*1-3-4-2;;/h2,9-11,13-14,18H,3-8,12,15-16H2,1H3;6*1,3-4H2,2H3;;. The number of hydrogen-bond acceptors (Lipinski definition) is 1. The fourth-order valence-corrected chi connectivity index (χ4v) is 86.5. The summed E-state index contributed by atoms with van der Waals surface area (Å²) in [5.41, 5.74) is 1.37. The SMILES string of the molecule is CCCCCCCCC(C[CH]([Sn]([CH2]CCC)([CH2]CCC)[CH2]CCC)[Sn]([CH2]CCC)([CH2]CCC)[CH2]CCC)OCc1ccccc1. The van der Waals surface area contributed by atoms with Crippen molar-refractivity contribution in [2.45, 2.75) is 218 Å². The van der Waals surface area contributed by atoms with Gasteiger partial charge in [0.1, 0.15) is 0 Å². The van der Waals surface area contributed by atoms with Gasteiger partial charge < -0.3 is 0 Å². The van der Waals surface area contributed by atoms with E-state index in [1.54, 1.807) is 26.6 Å². The summed E-state index contributed by atoms with van der Waals surface area (Å²) in [5, 5.41) is 0. The number of benzene rings is 1. The molecule has 0 saturated carbocycles. The van der Waals surface area contributed by atoms with Crippen LogP contribution >= 0.6 is 0 Å². The van der Waals surface area contributed by atoms with E-state index < -0.39 is 36.8 Å². The molecule has 0 radical (unpaired) electrons. The van der Waals surface area contributed by atoms with Crippen molar-refractivity contribution in [2.75, 3.05) is 0 Å². The van der Waals surface area contributed by atoms with Crippen molar-refractivity contribution < 1.29 is 4.74 Å². The molecule has 45 heavy (non-hydrogen) atoms. The molecule has 264 valence electrons. The Morgan fingerprint density at radius 1 is 0.467 bits per heavy atom. The first-order valence-electron chi connectivity index (χ1n) is 20.7. The van der Waals surface area contributed by atoms with Gasteiger partial charge in [-0.3, -0.25) is 0 Å².